The Labute approximate surface area is 294 Å². The summed E-state index contributed by atoms with van der Waals surface area (Å²) in [7, 11) is 2.15. The predicted octanol–water partition coefficient (Wildman–Crippen LogP) is 13.7. The van der Waals surface area contributed by atoms with E-state index in [1.165, 1.54) is 54.7 Å². The molecule has 2 heteroatoms. The first-order valence-electron chi connectivity index (χ1n) is 17.2. The summed E-state index contributed by atoms with van der Waals surface area (Å²) >= 11 is 0. The van der Waals surface area contributed by atoms with Gasteiger partial charge in [0.2, 0.25) is 0 Å². The highest BCUT2D eigenvalue weighted by Crippen LogP contribution is 2.43. The van der Waals surface area contributed by atoms with Crippen LogP contribution in [0.15, 0.2) is 176 Å². The van der Waals surface area contributed by atoms with E-state index in [2.05, 4.69) is 206 Å². The molecule has 0 spiro atoms. The lowest BCUT2D eigenvalue weighted by Crippen LogP contribution is -2.11. The van der Waals surface area contributed by atoms with Crippen molar-refractivity contribution in [3.63, 3.8) is 0 Å². The van der Waals surface area contributed by atoms with Gasteiger partial charge < -0.3 is 9.80 Å². The van der Waals surface area contributed by atoms with Gasteiger partial charge in [0.15, 0.2) is 0 Å². The number of hydrogen-bond donors (Lipinski definition) is 0. The quantitative estimate of drug-likeness (QED) is 0.163. The maximum atomic E-state index is 4.11. The Hall–Kier alpha value is -6.38. The van der Waals surface area contributed by atoms with Crippen molar-refractivity contribution in [2.75, 3.05) is 16.8 Å². The number of rotatable bonds is 8. The standard InChI is InChI=1S/C48H38N2/c1-4-14-38-33-48(45-22-11-10-21-44(45)41(38)5-2)49(3)39-29-25-34(26-30-39)35-27-31-40(32-28-35)50(46-23-12-17-36-15-6-8-19-42(36)46)47-24-13-18-37-16-7-9-20-43(37)47/h4-33H,2H2,1,3H3/b14-4-. The average Bonchev–Trinajstić information content (AvgIpc) is 3.18. The topological polar surface area (TPSA) is 6.48 Å². The number of nitrogens with zero attached hydrogens (tertiary/aromatic N) is 2. The van der Waals surface area contributed by atoms with E-state index in [-0.39, 0.29) is 0 Å². The van der Waals surface area contributed by atoms with Gasteiger partial charge in [0, 0.05) is 40.3 Å². The second-order valence-corrected chi connectivity index (χ2v) is 12.6. The Morgan fingerprint density at radius 2 is 0.960 bits per heavy atom. The molecule has 2 nitrogen and oxygen atoms in total. The van der Waals surface area contributed by atoms with E-state index < -0.39 is 0 Å². The molecule has 8 aromatic carbocycles. The van der Waals surface area contributed by atoms with Crippen LogP contribution < -0.4 is 9.80 Å². The van der Waals surface area contributed by atoms with Crippen molar-refractivity contribution in [2.45, 2.75) is 6.92 Å². The third-order valence-electron chi connectivity index (χ3n) is 9.74. The number of benzene rings is 8. The third kappa shape index (κ3) is 5.51. The second kappa shape index (κ2) is 13.3. The molecule has 0 atom stereocenters. The zero-order chi connectivity index (χ0) is 34.0. The van der Waals surface area contributed by atoms with E-state index in [0.717, 1.165) is 28.3 Å². The molecule has 0 unspecified atom stereocenters. The van der Waals surface area contributed by atoms with Crippen LogP contribution in [0.2, 0.25) is 0 Å². The molecule has 0 saturated heterocycles. The van der Waals surface area contributed by atoms with Crippen molar-refractivity contribution < 1.29 is 0 Å². The Morgan fingerprint density at radius 1 is 0.480 bits per heavy atom. The first-order valence-corrected chi connectivity index (χ1v) is 17.2. The van der Waals surface area contributed by atoms with Gasteiger partial charge in [-0.25, -0.2) is 0 Å². The first kappa shape index (κ1) is 30.9. The van der Waals surface area contributed by atoms with Crippen molar-refractivity contribution in [1.82, 2.24) is 0 Å². The molecule has 0 aliphatic carbocycles. The van der Waals surface area contributed by atoms with E-state index in [4.69, 9.17) is 0 Å². The Morgan fingerprint density at radius 3 is 1.50 bits per heavy atom. The normalized spacial score (nSPS) is 11.4. The first-order chi connectivity index (χ1) is 24.6. The number of allylic oxidation sites excluding steroid dienone is 1. The molecule has 0 aliphatic heterocycles. The molecule has 0 N–H and O–H groups in total. The summed E-state index contributed by atoms with van der Waals surface area (Å²) in [6.07, 6.45) is 6.21. The minimum absolute atomic E-state index is 1.12. The molecule has 0 saturated carbocycles. The van der Waals surface area contributed by atoms with Gasteiger partial charge in [0.05, 0.1) is 11.4 Å². The van der Waals surface area contributed by atoms with E-state index in [1.807, 2.05) is 6.08 Å². The van der Waals surface area contributed by atoms with E-state index >= 15 is 0 Å². The fourth-order valence-electron chi connectivity index (χ4n) is 7.26. The molecule has 0 amide bonds. The highest BCUT2D eigenvalue weighted by Gasteiger charge is 2.18. The van der Waals surface area contributed by atoms with Gasteiger partial charge in [-0.15, -0.1) is 0 Å². The fraction of sp³-hybridized carbons (Fsp3) is 0.0417. The van der Waals surface area contributed by atoms with Crippen molar-refractivity contribution in [1.29, 1.82) is 0 Å². The van der Waals surface area contributed by atoms with Gasteiger partial charge in [-0.05, 0) is 87.8 Å². The summed E-state index contributed by atoms with van der Waals surface area (Å²) in [5.41, 5.74) is 10.4. The van der Waals surface area contributed by atoms with Crippen LogP contribution in [-0.2, 0) is 0 Å². The molecule has 0 aromatic heterocycles. The highest BCUT2D eigenvalue weighted by molar-refractivity contribution is 6.05. The molecular formula is C48H38N2. The number of anilines is 5. The van der Waals surface area contributed by atoms with Crippen LogP contribution >= 0.6 is 0 Å². The molecule has 8 rings (SSSR count). The predicted molar refractivity (Wildman–Crippen MR) is 218 cm³/mol. The zero-order valence-corrected chi connectivity index (χ0v) is 28.4. The highest BCUT2D eigenvalue weighted by atomic mass is 15.1. The number of fused-ring (bicyclic) bond motifs is 3. The Bertz CT molecular complexity index is 2430. The minimum Gasteiger partial charge on any atom is -0.344 e. The van der Waals surface area contributed by atoms with Crippen LogP contribution in [0, 0.1) is 0 Å². The zero-order valence-electron chi connectivity index (χ0n) is 28.4. The largest absolute Gasteiger partial charge is 0.344 e. The van der Waals surface area contributed by atoms with E-state index in [1.54, 1.807) is 0 Å². The maximum absolute atomic E-state index is 4.11. The van der Waals surface area contributed by atoms with E-state index in [9.17, 15) is 0 Å². The molecule has 0 fully saturated rings. The molecule has 240 valence electrons. The average molecular weight is 643 g/mol. The van der Waals surface area contributed by atoms with Gasteiger partial charge in [-0.1, -0.05) is 146 Å². The Kier molecular flexibility index (Phi) is 8.20. The summed E-state index contributed by atoms with van der Waals surface area (Å²) in [6, 6.07) is 59.1. The molecule has 0 bridgehead atoms. The van der Waals surface area contributed by atoms with Crippen LogP contribution in [0.25, 0.3) is 55.6 Å². The van der Waals surface area contributed by atoms with Crippen molar-refractivity contribution in [3.8, 4) is 11.1 Å². The van der Waals surface area contributed by atoms with Gasteiger partial charge in [0.1, 0.15) is 0 Å². The summed E-state index contributed by atoms with van der Waals surface area (Å²) in [5.74, 6) is 0. The lowest BCUT2D eigenvalue weighted by molar-refractivity contribution is 1.22. The molecule has 0 aliphatic rings. The van der Waals surface area contributed by atoms with Crippen LogP contribution in [0.4, 0.5) is 28.4 Å². The van der Waals surface area contributed by atoms with Gasteiger partial charge in [-0.2, -0.15) is 0 Å². The SMILES string of the molecule is C=Cc1c(/C=C\C)cc(N(C)c2ccc(-c3ccc(N(c4cccc5ccccc45)c4cccc5ccccc45)cc3)cc2)c2ccccc12. The van der Waals surface area contributed by atoms with Crippen molar-refractivity contribution >= 4 is 72.9 Å². The summed E-state index contributed by atoms with van der Waals surface area (Å²) in [4.78, 5) is 4.68. The smallest absolute Gasteiger partial charge is 0.0540 e. The van der Waals surface area contributed by atoms with E-state index in [0.29, 0.717) is 0 Å². The number of hydrogen-bond acceptors (Lipinski definition) is 2. The van der Waals surface area contributed by atoms with Crippen LogP contribution in [-0.4, -0.2) is 7.05 Å². The van der Waals surface area contributed by atoms with Crippen molar-refractivity contribution in [2.24, 2.45) is 0 Å². The maximum Gasteiger partial charge on any atom is 0.0540 e. The van der Waals surface area contributed by atoms with Gasteiger partial charge in [-0.3, -0.25) is 0 Å². The Balaban J connectivity index is 1.16. The molecule has 8 aromatic rings. The second-order valence-electron chi connectivity index (χ2n) is 12.6. The fourth-order valence-corrected chi connectivity index (χ4v) is 7.26. The monoisotopic (exact) mass is 642 g/mol. The molecule has 0 heterocycles. The molecule has 50 heavy (non-hydrogen) atoms. The van der Waals surface area contributed by atoms with Gasteiger partial charge in [0.25, 0.3) is 0 Å². The molecular weight excluding hydrogens is 605 g/mol. The van der Waals surface area contributed by atoms with Crippen molar-refractivity contribution in [3.05, 3.63) is 188 Å². The lowest BCUT2D eigenvalue weighted by atomic mass is 9.96. The third-order valence-corrected chi connectivity index (χ3v) is 9.74. The summed E-state index contributed by atoms with van der Waals surface area (Å²) in [6.45, 7) is 6.17. The van der Waals surface area contributed by atoms with Crippen LogP contribution in [0.3, 0.4) is 0 Å². The lowest BCUT2D eigenvalue weighted by Gasteiger charge is -2.28. The van der Waals surface area contributed by atoms with Gasteiger partial charge >= 0.3 is 0 Å². The molecule has 0 radical (unpaired) electrons. The minimum atomic E-state index is 1.12. The summed E-state index contributed by atoms with van der Waals surface area (Å²) in [5, 5.41) is 7.30. The van der Waals surface area contributed by atoms with Crippen LogP contribution in [0.1, 0.15) is 18.1 Å². The van der Waals surface area contributed by atoms with Crippen LogP contribution in [0.5, 0.6) is 0 Å². The summed E-state index contributed by atoms with van der Waals surface area (Å²) < 4.78 is 0.